The third kappa shape index (κ3) is 4.89. The molecule has 1 atom stereocenters. The Balaban J connectivity index is 1.69. The summed E-state index contributed by atoms with van der Waals surface area (Å²) in [4.78, 5) is 26.9. The van der Waals surface area contributed by atoms with Crippen LogP contribution in [0.3, 0.4) is 0 Å². The van der Waals surface area contributed by atoms with Crippen LogP contribution in [-0.2, 0) is 19.4 Å². The van der Waals surface area contributed by atoms with E-state index in [1.165, 1.54) is 0 Å². The van der Waals surface area contributed by atoms with Gasteiger partial charge in [-0.1, -0.05) is 37.5 Å². The molecule has 2 fully saturated rings. The second-order valence-corrected chi connectivity index (χ2v) is 9.77. The lowest BCUT2D eigenvalue weighted by Crippen LogP contribution is -2.50. The highest BCUT2D eigenvalue weighted by Gasteiger charge is 2.38. The Bertz CT molecular complexity index is 798. The van der Waals surface area contributed by atoms with E-state index in [1.807, 2.05) is 19.1 Å². The van der Waals surface area contributed by atoms with Crippen molar-refractivity contribution in [3.05, 3.63) is 35.4 Å². The Morgan fingerprint density at radius 2 is 1.78 bits per heavy atom. The summed E-state index contributed by atoms with van der Waals surface area (Å²) in [6.45, 7) is 1.47. The van der Waals surface area contributed by atoms with E-state index in [0.29, 0.717) is 12.0 Å². The van der Waals surface area contributed by atoms with Crippen LogP contribution < -0.4 is 0 Å². The third-order valence-electron chi connectivity index (χ3n) is 5.55. The maximum Gasteiger partial charge on any atom is 0.338 e. The maximum absolute atomic E-state index is 12.9. The normalized spacial score (nSPS) is 22.3. The lowest BCUT2D eigenvalue weighted by Gasteiger charge is -2.38. The van der Waals surface area contributed by atoms with Gasteiger partial charge in [-0.15, -0.1) is 0 Å². The van der Waals surface area contributed by atoms with Crippen LogP contribution in [0.5, 0.6) is 0 Å². The van der Waals surface area contributed by atoms with Crippen molar-refractivity contribution in [2.24, 2.45) is 0 Å². The van der Waals surface area contributed by atoms with E-state index in [9.17, 15) is 18.0 Å². The molecule has 1 aromatic carbocycles. The summed E-state index contributed by atoms with van der Waals surface area (Å²) in [6.07, 6.45) is 5.45. The summed E-state index contributed by atoms with van der Waals surface area (Å²) >= 11 is 0. The third-order valence-corrected chi connectivity index (χ3v) is 7.30. The van der Waals surface area contributed by atoms with Gasteiger partial charge in [-0.3, -0.25) is 4.79 Å². The highest BCUT2D eigenvalue weighted by Crippen LogP contribution is 2.28. The zero-order valence-electron chi connectivity index (χ0n) is 15.7. The fourth-order valence-corrected chi connectivity index (χ4v) is 5.85. The Morgan fingerprint density at radius 3 is 2.41 bits per heavy atom. The van der Waals surface area contributed by atoms with E-state index >= 15 is 0 Å². The first-order valence-electron chi connectivity index (χ1n) is 9.62. The first-order valence-corrected chi connectivity index (χ1v) is 11.4. The molecular formula is C20H27NO5S. The summed E-state index contributed by atoms with van der Waals surface area (Å²) in [5.41, 5.74) is 1.24. The molecule has 0 N–H and O–H groups in total. The predicted molar refractivity (Wildman–Crippen MR) is 102 cm³/mol. The number of nitrogens with zero attached hydrogens (tertiary/aromatic N) is 1. The summed E-state index contributed by atoms with van der Waals surface area (Å²) in [6, 6.07) is 6.82. The number of carbonyl (C=O) groups excluding carboxylic acids is 2. The molecule has 1 aromatic rings. The highest BCUT2D eigenvalue weighted by molar-refractivity contribution is 7.91. The van der Waals surface area contributed by atoms with Gasteiger partial charge in [0.25, 0.3) is 5.91 Å². The number of hydrogen-bond donors (Lipinski definition) is 0. The molecule has 148 valence electrons. The lowest BCUT2D eigenvalue weighted by atomic mass is 9.93. The van der Waals surface area contributed by atoms with E-state index in [2.05, 4.69) is 0 Å². The van der Waals surface area contributed by atoms with Gasteiger partial charge in [-0.05, 0) is 37.8 Å². The SMILES string of the molecule is Cc1ccccc1C(=O)OCC(=O)N(C1CCCCC1)C1CCS(=O)(=O)C1. The summed E-state index contributed by atoms with van der Waals surface area (Å²) < 4.78 is 29.1. The van der Waals surface area contributed by atoms with Gasteiger partial charge in [-0.25, -0.2) is 13.2 Å². The molecule has 1 heterocycles. The van der Waals surface area contributed by atoms with Crippen molar-refractivity contribution in [1.29, 1.82) is 0 Å². The molecule has 0 radical (unpaired) electrons. The standard InChI is InChI=1S/C20H27NO5S/c1-15-7-5-6-10-18(15)20(23)26-13-19(22)21(16-8-3-2-4-9-16)17-11-12-27(24,25)14-17/h5-7,10,16-17H,2-4,8-9,11-14H2,1H3. The molecule has 3 rings (SSSR count). The van der Waals surface area contributed by atoms with Crippen LogP contribution in [0.25, 0.3) is 0 Å². The summed E-state index contributed by atoms with van der Waals surface area (Å²) in [5, 5.41) is 0. The average Bonchev–Trinajstić information content (AvgIpc) is 3.00. The van der Waals surface area contributed by atoms with Crippen molar-refractivity contribution in [3.8, 4) is 0 Å². The number of benzene rings is 1. The molecule has 6 nitrogen and oxygen atoms in total. The van der Waals surface area contributed by atoms with Gasteiger partial charge in [0.05, 0.1) is 17.1 Å². The number of sulfone groups is 1. The van der Waals surface area contributed by atoms with Crippen molar-refractivity contribution < 1.29 is 22.7 Å². The van der Waals surface area contributed by atoms with E-state index < -0.39 is 15.8 Å². The second kappa shape index (κ2) is 8.42. The maximum atomic E-state index is 12.9. The number of carbonyl (C=O) groups is 2. The molecule has 0 spiro atoms. The van der Waals surface area contributed by atoms with Crippen molar-refractivity contribution in [1.82, 2.24) is 4.90 Å². The number of ether oxygens (including phenoxy) is 1. The van der Waals surface area contributed by atoms with E-state index in [1.54, 1.807) is 17.0 Å². The van der Waals surface area contributed by atoms with Crippen LogP contribution in [0, 0.1) is 6.92 Å². The van der Waals surface area contributed by atoms with Gasteiger partial charge in [0.2, 0.25) is 0 Å². The molecule has 1 amide bonds. The second-order valence-electron chi connectivity index (χ2n) is 7.54. The smallest absolute Gasteiger partial charge is 0.338 e. The van der Waals surface area contributed by atoms with Crippen molar-refractivity contribution in [2.75, 3.05) is 18.1 Å². The zero-order chi connectivity index (χ0) is 19.4. The Morgan fingerprint density at radius 1 is 1.07 bits per heavy atom. The minimum Gasteiger partial charge on any atom is -0.452 e. The van der Waals surface area contributed by atoms with Crippen LogP contribution in [0.2, 0.25) is 0 Å². The van der Waals surface area contributed by atoms with Gasteiger partial charge in [0, 0.05) is 12.1 Å². The molecule has 1 aliphatic heterocycles. The number of amides is 1. The quantitative estimate of drug-likeness (QED) is 0.718. The van der Waals surface area contributed by atoms with Crippen molar-refractivity contribution in [3.63, 3.8) is 0 Å². The Labute approximate surface area is 160 Å². The molecule has 0 bridgehead atoms. The van der Waals surface area contributed by atoms with Gasteiger partial charge < -0.3 is 9.64 Å². The molecule has 27 heavy (non-hydrogen) atoms. The van der Waals surface area contributed by atoms with Gasteiger partial charge in [0.15, 0.2) is 16.4 Å². The van der Waals surface area contributed by atoms with Crippen LogP contribution >= 0.6 is 0 Å². The van der Waals surface area contributed by atoms with E-state index in [4.69, 9.17) is 4.74 Å². The van der Waals surface area contributed by atoms with Crippen LogP contribution in [0.4, 0.5) is 0 Å². The first kappa shape index (κ1) is 19.9. The molecule has 1 aliphatic carbocycles. The predicted octanol–water partition coefficient (Wildman–Crippen LogP) is 2.50. The number of hydrogen-bond acceptors (Lipinski definition) is 5. The highest BCUT2D eigenvalue weighted by atomic mass is 32.2. The van der Waals surface area contributed by atoms with Crippen LogP contribution in [-0.4, -0.2) is 55.4 Å². The van der Waals surface area contributed by atoms with Crippen LogP contribution in [0.1, 0.15) is 54.4 Å². The molecule has 1 saturated carbocycles. The van der Waals surface area contributed by atoms with Crippen molar-refractivity contribution in [2.45, 2.75) is 57.5 Å². The number of aryl methyl sites for hydroxylation is 1. The minimum absolute atomic E-state index is 0.0149. The topological polar surface area (TPSA) is 80.8 Å². The zero-order valence-corrected chi connectivity index (χ0v) is 16.5. The molecular weight excluding hydrogens is 366 g/mol. The molecule has 0 aromatic heterocycles. The fourth-order valence-electron chi connectivity index (χ4n) is 4.14. The van der Waals surface area contributed by atoms with Gasteiger partial charge >= 0.3 is 5.97 Å². The molecule has 1 saturated heterocycles. The van der Waals surface area contributed by atoms with Crippen molar-refractivity contribution >= 4 is 21.7 Å². The van der Waals surface area contributed by atoms with Gasteiger partial charge in [0.1, 0.15) is 0 Å². The van der Waals surface area contributed by atoms with Crippen LogP contribution in [0.15, 0.2) is 24.3 Å². The summed E-state index contributed by atoms with van der Waals surface area (Å²) in [7, 11) is -3.09. The number of esters is 1. The number of rotatable bonds is 5. The van der Waals surface area contributed by atoms with E-state index in [-0.39, 0.29) is 36.1 Å². The first-order chi connectivity index (χ1) is 12.9. The average molecular weight is 394 g/mol. The lowest BCUT2D eigenvalue weighted by molar-refractivity contribution is -0.140. The monoisotopic (exact) mass is 393 g/mol. The van der Waals surface area contributed by atoms with E-state index in [0.717, 1.165) is 37.7 Å². The molecule has 2 aliphatic rings. The largest absolute Gasteiger partial charge is 0.452 e. The fraction of sp³-hybridized carbons (Fsp3) is 0.600. The molecule has 1 unspecified atom stereocenters. The molecule has 7 heteroatoms. The minimum atomic E-state index is -3.09. The van der Waals surface area contributed by atoms with Gasteiger partial charge in [-0.2, -0.15) is 0 Å². The Hall–Kier alpha value is -1.89. The Kier molecular flexibility index (Phi) is 6.19. The summed E-state index contributed by atoms with van der Waals surface area (Å²) in [5.74, 6) is -0.673.